The second-order valence-corrected chi connectivity index (χ2v) is 16.4. The number of ether oxygens (including phenoxy) is 1. The summed E-state index contributed by atoms with van der Waals surface area (Å²) in [6, 6.07) is 0. The van der Waals surface area contributed by atoms with Crippen molar-refractivity contribution in [3.8, 4) is 0 Å². The van der Waals surface area contributed by atoms with Crippen LogP contribution in [-0.2, 0) is 14.3 Å². The van der Waals surface area contributed by atoms with E-state index in [-0.39, 0.29) is 18.5 Å². The van der Waals surface area contributed by atoms with E-state index in [4.69, 9.17) is 4.74 Å². The average Bonchev–Trinajstić information content (AvgIpc) is 3.16. The molecule has 0 spiro atoms. The summed E-state index contributed by atoms with van der Waals surface area (Å²) in [5.74, 6) is 0.828. The smallest absolute Gasteiger partial charge is 0.305 e. The third kappa shape index (κ3) is 36.3. The molecule has 6 heteroatoms. The SMILES string of the molecule is CCCCCCCCC(CCCCCC)COC(=O)CCCCCCCN(CCCCCCC)CCCCC(=O)N(CCCO)CCCCCCCC. The van der Waals surface area contributed by atoms with Crippen LogP contribution in [0.1, 0.15) is 240 Å². The van der Waals surface area contributed by atoms with E-state index in [0.717, 1.165) is 51.7 Å². The first kappa shape index (κ1) is 51.9. The van der Waals surface area contributed by atoms with Crippen LogP contribution in [0.2, 0.25) is 0 Å². The Balaban J connectivity index is 4.45. The lowest BCUT2D eigenvalue weighted by molar-refractivity contribution is -0.145. The molecule has 0 aliphatic carbocycles. The van der Waals surface area contributed by atoms with Gasteiger partial charge in [-0.15, -0.1) is 0 Å². The molecule has 316 valence electrons. The van der Waals surface area contributed by atoms with Gasteiger partial charge in [0, 0.05) is 32.5 Å². The summed E-state index contributed by atoms with van der Waals surface area (Å²) in [4.78, 5) is 30.3. The maximum Gasteiger partial charge on any atom is 0.305 e. The second kappa shape index (κ2) is 42.0. The van der Waals surface area contributed by atoms with Gasteiger partial charge >= 0.3 is 5.97 Å². The number of aliphatic hydroxyl groups excluding tert-OH is 1. The summed E-state index contributed by atoms with van der Waals surface area (Å²) in [6.45, 7) is 14.8. The second-order valence-electron chi connectivity index (χ2n) is 16.4. The fourth-order valence-corrected chi connectivity index (χ4v) is 7.55. The molecule has 0 saturated heterocycles. The van der Waals surface area contributed by atoms with E-state index in [0.29, 0.717) is 38.3 Å². The minimum atomic E-state index is 0.0122. The van der Waals surface area contributed by atoms with E-state index in [9.17, 15) is 14.7 Å². The number of rotatable bonds is 43. The van der Waals surface area contributed by atoms with Crippen molar-refractivity contribution in [3.63, 3.8) is 0 Å². The highest BCUT2D eigenvalue weighted by atomic mass is 16.5. The predicted octanol–water partition coefficient (Wildman–Crippen LogP) is 13.2. The highest BCUT2D eigenvalue weighted by Gasteiger charge is 2.14. The Morgan fingerprint density at radius 3 is 1.34 bits per heavy atom. The van der Waals surface area contributed by atoms with Gasteiger partial charge in [-0.05, 0) is 83.3 Å². The van der Waals surface area contributed by atoms with Gasteiger partial charge in [-0.25, -0.2) is 0 Å². The van der Waals surface area contributed by atoms with E-state index in [2.05, 4.69) is 32.6 Å². The fraction of sp³-hybridized carbons (Fsp3) is 0.957. The van der Waals surface area contributed by atoms with Gasteiger partial charge in [0.15, 0.2) is 0 Å². The Hall–Kier alpha value is -1.14. The lowest BCUT2D eigenvalue weighted by atomic mass is 9.95. The lowest BCUT2D eigenvalue weighted by Crippen LogP contribution is -2.33. The summed E-state index contributed by atoms with van der Waals surface area (Å²) in [5.41, 5.74) is 0. The van der Waals surface area contributed by atoms with E-state index >= 15 is 0 Å². The molecule has 0 fully saturated rings. The van der Waals surface area contributed by atoms with Gasteiger partial charge in [-0.1, -0.05) is 169 Å². The van der Waals surface area contributed by atoms with E-state index < -0.39 is 0 Å². The third-order valence-electron chi connectivity index (χ3n) is 11.2. The quantitative estimate of drug-likeness (QED) is 0.0496. The molecule has 1 N–H and O–H groups in total. The molecule has 1 atom stereocenters. The maximum atomic E-state index is 13.1. The van der Waals surface area contributed by atoms with Crippen LogP contribution in [0.3, 0.4) is 0 Å². The van der Waals surface area contributed by atoms with Crippen molar-refractivity contribution < 1.29 is 19.4 Å². The number of unbranched alkanes of at least 4 members (excludes halogenated alkanes) is 22. The van der Waals surface area contributed by atoms with Crippen LogP contribution < -0.4 is 0 Å². The molecule has 0 aliphatic rings. The molecule has 0 bridgehead atoms. The zero-order valence-electron chi connectivity index (χ0n) is 36.4. The number of amides is 1. The fourth-order valence-electron chi connectivity index (χ4n) is 7.55. The van der Waals surface area contributed by atoms with Gasteiger partial charge in [0.2, 0.25) is 5.91 Å². The maximum absolute atomic E-state index is 13.1. The van der Waals surface area contributed by atoms with Crippen molar-refractivity contribution in [2.24, 2.45) is 5.92 Å². The molecule has 1 unspecified atom stereocenters. The summed E-state index contributed by atoms with van der Waals surface area (Å²) < 4.78 is 5.82. The highest BCUT2D eigenvalue weighted by Crippen LogP contribution is 2.20. The molecule has 0 aromatic heterocycles. The van der Waals surface area contributed by atoms with Crippen LogP contribution in [0.15, 0.2) is 0 Å². The highest BCUT2D eigenvalue weighted by molar-refractivity contribution is 5.76. The number of carbonyl (C=O) groups is 2. The first-order valence-electron chi connectivity index (χ1n) is 23.8. The van der Waals surface area contributed by atoms with Gasteiger partial charge < -0.3 is 19.6 Å². The largest absolute Gasteiger partial charge is 0.465 e. The van der Waals surface area contributed by atoms with Crippen molar-refractivity contribution in [3.05, 3.63) is 0 Å². The first-order chi connectivity index (χ1) is 26.0. The molecule has 0 radical (unpaired) electrons. The molecular weight excluding hydrogens is 657 g/mol. The Kier molecular flexibility index (Phi) is 41.1. The molecule has 0 aliphatic heterocycles. The third-order valence-corrected chi connectivity index (χ3v) is 11.2. The summed E-state index contributed by atoms with van der Waals surface area (Å²) in [6.07, 6.45) is 39.0. The normalized spacial score (nSPS) is 12.1. The van der Waals surface area contributed by atoms with E-state index in [1.165, 1.54) is 167 Å². The molecule has 0 saturated carbocycles. The van der Waals surface area contributed by atoms with Crippen molar-refractivity contribution in [1.82, 2.24) is 9.80 Å². The number of nitrogens with zero attached hydrogens (tertiary/aromatic N) is 2. The van der Waals surface area contributed by atoms with Crippen LogP contribution >= 0.6 is 0 Å². The van der Waals surface area contributed by atoms with Gasteiger partial charge in [0.1, 0.15) is 0 Å². The number of esters is 1. The Morgan fingerprint density at radius 2 is 0.830 bits per heavy atom. The zero-order chi connectivity index (χ0) is 38.9. The molecule has 6 nitrogen and oxygen atoms in total. The summed E-state index contributed by atoms with van der Waals surface area (Å²) >= 11 is 0. The molecule has 1 amide bonds. The van der Waals surface area contributed by atoms with Crippen molar-refractivity contribution in [2.75, 3.05) is 45.9 Å². The number of aliphatic hydroxyl groups is 1. The molecule has 53 heavy (non-hydrogen) atoms. The monoisotopic (exact) mass is 751 g/mol. The number of hydrogen-bond acceptors (Lipinski definition) is 5. The van der Waals surface area contributed by atoms with Gasteiger partial charge in [0.25, 0.3) is 0 Å². The number of carbonyl (C=O) groups excluding carboxylic acids is 2. The van der Waals surface area contributed by atoms with Gasteiger partial charge in [0.05, 0.1) is 6.61 Å². The zero-order valence-corrected chi connectivity index (χ0v) is 36.4. The first-order valence-corrected chi connectivity index (χ1v) is 23.8. The van der Waals surface area contributed by atoms with Crippen LogP contribution in [0.25, 0.3) is 0 Å². The van der Waals surface area contributed by atoms with Crippen LogP contribution in [0.4, 0.5) is 0 Å². The minimum Gasteiger partial charge on any atom is -0.465 e. The van der Waals surface area contributed by atoms with Gasteiger partial charge in [-0.3, -0.25) is 9.59 Å². The van der Waals surface area contributed by atoms with Crippen molar-refractivity contribution in [2.45, 2.75) is 240 Å². The Bertz CT molecular complexity index is 763. The Morgan fingerprint density at radius 1 is 0.453 bits per heavy atom. The van der Waals surface area contributed by atoms with Gasteiger partial charge in [-0.2, -0.15) is 0 Å². The molecule has 0 rings (SSSR count). The predicted molar refractivity (Wildman–Crippen MR) is 230 cm³/mol. The minimum absolute atomic E-state index is 0.0122. The summed E-state index contributed by atoms with van der Waals surface area (Å²) in [7, 11) is 0. The standard InChI is InChI=1S/C47H94N2O4/c1-5-9-13-17-20-26-35-45(34-25-16-12-8-4)44-53-47(52)37-27-21-19-23-30-39-48(38-29-22-15-11-7-3)40-32-28-36-46(51)49(42-33-43-50)41-31-24-18-14-10-6-2/h45,50H,5-44H2,1-4H3. The van der Waals surface area contributed by atoms with E-state index in [1.807, 2.05) is 4.90 Å². The van der Waals surface area contributed by atoms with Crippen molar-refractivity contribution >= 4 is 11.9 Å². The van der Waals surface area contributed by atoms with E-state index in [1.54, 1.807) is 0 Å². The summed E-state index contributed by atoms with van der Waals surface area (Å²) in [5, 5.41) is 9.36. The van der Waals surface area contributed by atoms with Crippen molar-refractivity contribution in [1.29, 1.82) is 0 Å². The molecular formula is C47H94N2O4. The Labute approximate surface area is 331 Å². The topological polar surface area (TPSA) is 70.1 Å². The van der Waals surface area contributed by atoms with Crippen LogP contribution in [-0.4, -0.2) is 72.7 Å². The van der Waals surface area contributed by atoms with Crippen LogP contribution in [0.5, 0.6) is 0 Å². The average molecular weight is 751 g/mol. The molecule has 0 heterocycles. The lowest BCUT2D eigenvalue weighted by Gasteiger charge is -2.24. The molecule has 0 aromatic rings. The molecule has 0 aromatic carbocycles. The van der Waals surface area contributed by atoms with Crippen LogP contribution in [0, 0.1) is 5.92 Å². The number of hydrogen-bond donors (Lipinski definition) is 1.